The molecule has 1 atom stereocenters. The van der Waals surface area contributed by atoms with Crippen molar-refractivity contribution < 1.29 is 14.3 Å². The lowest BCUT2D eigenvalue weighted by molar-refractivity contribution is -0.120. The number of hydrogen-bond acceptors (Lipinski definition) is 6. The van der Waals surface area contributed by atoms with Gasteiger partial charge in [0.05, 0.1) is 19.5 Å². The van der Waals surface area contributed by atoms with Crippen molar-refractivity contribution in [1.29, 1.82) is 0 Å². The molecule has 1 heterocycles. The summed E-state index contributed by atoms with van der Waals surface area (Å²) in [7, 11) is 4.90. The number of nitrogens with one attached hydrogen (secondary N) is 1. The molecule has 1 aromatic heterocycles. The molecule has 2 aromatic carbocycles. The standard InChI is InChI=1S/C26H31N3O4S/c1-17-21(15-19-9-7-6-8-10-19)25(31)29(3)26(28-17)34-18(2)24(30)27-14-13-20-11-12-22(32-4)23(16-20)33-5/h6-12,16,18H,13-15H2,1-5H3,(H,27,30). The molecule has 1 amide bonds. The van der Waals surface area contributed by atoms with E-state index in [0.29, 0.717) is 47.3 Å². The van der Waals surface area contributed by atoms with Gasteiger partial charge < -0.3 is 14.8 Å². The van der Waals surface area contributed by atoms with Crippen LogP contribution in [-0.4, -0.2) is 41.5 Å². The molecule has 0 spiro atoms. The van der Waals surface area contributed by atoms with E-state index in [0.717, 1.165) is 11.1 Å². The van der Waals surface area contributed by atoms with Crippen LogP contribution < -0.4 is 20.3 Å². The summed E-state index contributed by atoms with van der Waals surface area (Å²) in [6, 6.07) is 15.6. The van der Waals surface area contributed by atoms with E-state index in [2.05, 4.69) is 10.3 Å². The zero-order valence-corrected chi connectivity index (χ0v) is 21.1. The van der Waals surface area contributed by atoms with Gasteiger partial charge in [0.1, 0.15) is 0 Å². The van der Waals surface area contributed by atoms with Crippen LogP contribution in [-0.2, 0) is 24.7 Å². The van der Waals surface area contributed by atoms with Crippen LogP contribution >= 0.6 is 11.8 Å². The van der Waals surface area contributed by atoms with Gasteiger partial charge in [0.25, 0.3) is 5.56 Å². The Morgan fingerprint density at radius 1 is 1.09 bits per heavy atom. The molecular formula is C26H31N3O4S. The Balaban J connectivity index is 1.61. The number of amides is 1. The van der Waals surface area contributed by atoms with E-state index in [-0.39, 0.29) is 11.5 Å². The maximum absolute atomic E-state index is 13.0. The number of thioether (sulfide) groups is 1. The highest BCUT2D eigenvalue weighted by Gasteiger charge is 2.19. The number of aromatic nitrogens is 2. The minimum Gasteiger partial charge on any atom is -0.493 e. The van der Waals surface area contributed by atoms with Crippen LogP contribution in [0.1, 0.15) is 29.3 Å². The van der Waals surface area contributed by atoms with Crippen molar-refractivity contribution >= 4 is 17.7 Å². The first-order valence-electron chi connectivity index (χ1n) is 11.1. The van der Waals surface area contributed by atoms with Gasteiger partial charge >= 0.3 is 0 Å². The fraction of sp³-hybridized carbons (Fsp3) is 0.346. The topological polar surface area (TPSA) is 82.5 Å². The van der Waals surface area contributed by atoms with Crippen molar-refractivity contribution in [2.75, 3.05) is 20.8 Å². The van der Waals surface area contributed by atoms with Gasteiger partial charge in [-0.1, -0.05) is 48.2 Å². The summed E-state index contributed by atoms with van der Waals surface area (Å²) in [4.78, 5) is 30.3. The summed E-state index contributed by atoms with van der Waals surface area (Å²) < 4.78 is 12.1. The SMILES string of the molecule is COc1ccc(CCNC(=O)C(C)Sc2nc(C)c(Cc3ccccc3)c(=O)n2C)cc1OC. The lowest BCUT2D eigenvalue weighted by atomic mass is 10.1. The Morgan fingerprint density at radius 2 is 1.79 bits per heavy atom. The van der Waals surface area contributed by atoms with E-state index in [9.17, 15) is 9.59 Å². The van der Waals surface area contributed by atoms with Crippen molar-refractivity contribution in [2.24, 2.45) is 7.05 Å². The van der Waals surface area contributed by atoms with Crippen LogP contribution in [0.2, 0.25) is 0 Å². The van der Waals surface area contributed by atoms with Gasteiger partial charge in [0.15, 0.2) is 16.7 Å². The Hall–Kier alpha value is -3.26. The molecule has 1 unspecified atom stereocenters. The molecular weight excluding hydrogens is 450 g/mol. The van der Waals surface area contributed by atoms with Gasteiger partial charge in [-0.05, 0) is 43.5 Å². The Kier molecular flexibility index (Phi) is 8.76. The van der Waals surface area contributed by atoms with Crippen LogP contribution in [0.5, 0.6) is 11.5 Å². The fourth-order valence-corrected chi connectivity index (χ4v) is 4.50. The van der Waals surface area contributed by atoms with Crippen LogP contribution in [0.15, 0.2) is 58.5 Å². The largest absolute Gasteiger partial charge is 0.493 e. The molecule has 1 N–H and O–H groups in total. The molecule has 180 valence electrons. The van der Waals surface area contributed by atoms with Gasteiger partial charge in [-0.25, -0.2) is 4.98 Å². The maximum Gasteiger partial charge on any atom is 0.257 e. The highest BCUT2D eigenvalue weighted by Crippen LogP contribution is 2.27. The van der Waals surface area contributed by atoms with E-state index in [1.54, 1.807) is 21.3 Å². The quantitative estimate of drug-likeness (QED) is 0.352. The predicted molar refractivity (Wildman–Crippen MR) is 135 cm³/mol. The molecule has 0 saturated carbocycles. The van der Waals surface area contributed by atoms with E-state index in [1.165, 1.54) is 16.3 Å². The third-order valence-electron chi connectivity index (χ3n) is 5.59. The van der Waals surface area contributed by atoms with Gasteiger partial charge in [0, 0.05) is 31.3 Å². The zero-order valence-electron chi connectivity index (χ0n) is 20.3. The van der Waals surface area contributed by atoms with Gasteiger partial charge in [-0.2, -0.15) is 0 Å². The highest BCUT2D eigenvalue weighted by molar-refractivity contribution is 8.00. The van der Waals surface area contributed by atoms with E-state index >= 15 is 0 Å². The normalized spacial score (nSPS) is 11.7. The van der Waals surface area contributed by atoms with Crippen LogP contribution in [0.4, 0.5) is 0 Å². The Morgan fingerprint density at radius 3 is 2.47 bits per heavy atom. The predicted octanol–water partition coefficient (Wildman–Crippen LogP) is 3.54. The minimum atomic E-state index is -0.400. The van der Waals surface area contributed by atoms with Crippen LogP contribution in [0.25, 0.3) is 0 Å². The second kappa shape index (κ2) is 11.7. The van der Waals surface area contributed by atoms with Gasteiger partial charge in [-0.3, -0.25) is 14.2 Å². The number of carbonyl (C=O) groups is 1. The maximum atomic E-state index is 13.0. The molecule has 3 aromatic rings. The summed E-state index contributed by atoms with van der Waals surface area (Å²) in [5.41, 5.74) is 3.37. The fourth-order valence-electron chi connectivity index (χ4n) is 3.56. The number of carbonyl (C=O) groups excluding carboxylic acids is 1. The molecule has 3 rings (SSSR count). The van der Waals surface area contributed by atoms with Crippen LogP contribution in [0.3, 0.4) is 0 Å². The first-order valence-corrected chi connectivity index (χ1v) is 12.0. The number of nitrogens with zero attached hydrogens (tertiary/aromatic N) is 2. The number of aryl methyl sites for hydroxylation is 1. The Bertz CT molecular complexity index is 1190. The molecule has 8 heteroatoms. The molecule has 0 bridgehead atoms. The summed E-state index contributed by atoms with van der Waals surface area (Å²) >= 11 is 1.28. The van der Waals surface area contributed by atoms with Crippen molar-refractivity contribution in [3.63, 3.8) is 0 Å². The molecule has 34 heavy (non-hydrogen) atoms. The number of methoxy groups -OCH3 is 2. The second-order valence-electron chi connectivity index (χ2n) is 7.98. The molecule has 7 nitrogen and oxygen atoms in total. The monoisotopic (exact) mass is 481 g/mol. The lowest BCUT2D eigenvalue weighted by Crippen LogP contribution is -2.33. The van der Waals surface area contributed by atoms with Gasteiger partial charge in [0.2, 0.25) is 5.91 Å². The number of ether oxygens (including phenoxy) is 2. The van der Waals surface area contributed by atoms with Crippen molar-refractivity contribution in [3.05, 3.63) is 81.3 Å². The van der Waals surface area contributed by atoms with E-state index in [1.807, 2.05) is 62.4 Å². The van der Waals surface area contributed by atoms with Crippen LogP contribution in [0, 0.1) is 6.92 Å². The average Bonchev–Trinajstić information content (AvgIpc) is 2.85. The summed E-state index contributed by atoms with van der Waals surface area (Å²) in [6.45, 7) is 4.15. The number of hydrogen-bond donors (Lipinski definition) is 1. The lowest BCUT2D eigenvalue weighted by Gasteiger charge is -2.16. The number of rotatable bonds is 10. The zero-order chi connectivity index (χ0) is 24.7. The minimum absolute atomic E-state index is 0.0834. The number of benzene rings is 2. The molecule has 0 aliphatic heterocycles. The first-order chi connectivity index (χ1) is 16.3. The first kappa shape index (κ1) is 25.4. The van der Waals surface area contributed by atoms with E-state index < -0.39 is 5.25 Å². The molecule has 0 fully saturated rings. The highest BCUT2D eigenvalue weighted by atomic mass is 32.2. The smallest absolute Gasteiger partial charge is 0.257 e. The molecule has 0 saturated heterocycles. The summed E-state index contributed by atoms with van der Waals surface area (Å²) in [5.74, 6) is 1.22. The molecule has 0 aliphatic rings. The summed E-state index contributed by atoms with van der Waals surface area (Å²) in [5, 5.41) is 3.09. The summed E-state index contributed by atoms with van der Waals surface area (Å²) in [6.07, 6.45) is 1.19. The second-order valence-corrected chi connectivity index (χ2v) is 9.28. The molecule has 0 radical (unpaired) electrons. The van der Waals surface area contributed by atoms with Crippen molar-refractivity contribution in [1.82, 2.24) is 14.9 Å². The van der Waals surface area contributed by atoms with Gasteiger partial charge in [-0.15, -0.1) is 0 Å². The third-order valence-corrected chi connectivity index (χ3v) is 6.73. The van der Waals surface area contributed by atoms with E-state index in [4.69, 9.17) is 9.47 Å². The van der Waals surface area contributed by atoms with Crippen molar-refractivity contribution in [3.8, 4) is 11.5 Å². The van der Waals surface area contributed by atoms with Crippen molar-refractivity contribution in [2.45, 2.75) is 37.1 Å². The third kappa shape index (κ3) is 6.20. The average molecular weight is 482 g/mol. The Labute approximate surface area is 204 Å². The molecule has 0 aliphatic carbocycles.